The van der Waals surface area contributed by atoms with Gasteiger partial charge < -0.3 is 10.6 Å². The van der Waals surface area contributed by atoms with Crippen LogP contribution in [-0.2, 0) is 6.54 Å². The maximum atomic E-state index is 11.9. The summed E-state index contributed by atoms with van der Waals surface area (Å²) >= 11 is 0. The van der Waals surface area contributed by atoms with Gasteiger partial charge in [-0.25, -0.2) is 4.79 Å². The molecule has 2 amide bonds. The van der Waals surface area contributed by atoms with Gasteiger partial charge in [0.05, 0.1) is 16.2 Å². The first-order valence-corrected chi connectivity index (χ1v) is 6.82. The van der Waals surface area contributed by atoms with Crippen LogP contribution in [0.1, 0.15) is 16.7 Å². The van der Waals surface area contributed by atoms with Gasteiger partial charge in [0, 0.05) is 12.6 Å². The Morgan fingerprint density at radius 2 is 1.91 bits per heavy atom. The minimum atomic E-state index is -0.467. The van der Waals surface area contributed by atoms with E-state index >= 15 is 0 Å². The minimum absolute atomic E-state index is 0.0171. The molecule has 0 atom stereocenters. The highest BCUT2D eigenvalue weighted by atomic mass is 16.6. The summed E-state index contributed by atoms with van der Waals surface area (Å²) in [4.78, 5) is 22.3. The van der Waals surface area contributed by atoms with E-state index in [-0.39, 0.29) is 5.69 Å². The highest BCUT2D eigenvalue weighted by Crippen LogP contribution is 2.24. The van der Waals surface area contributed by atoms with Gasteiger partial charge in [0.15, 0.2) is 0 Å². The molecule has 2 N–H and O–H groups in total. The van der Waals surface area contributed by atoms with Crippen LogP contribution in [0.2, 0.25) is 0 Å². The van der Waals surface area contributed by atoms with E-state index in [9.17, 15) is 14.9 Å². The fraction of sp³-hybridized carbons (Fsp3) is 0.188. The minimum Gasteiger partial charge on any atom is -0.334 e. The summed E-state index contributed by atoms with van der Waals surface area (Å²) in [5.74, 6) is 0. The number of carbonyl (C=O) groups excluding carboxylic acids is 1. The SMILES string of the molecule is Cc1cccc(CNC(=O)Nc2cccc([N+](=O)[O-])c2C)c1. The molecular formula is C16H17N3O3. The Morgan fingerprint density at radius 3 is 2.59 bits per heavy atom. The first-order valence-electron chi connectivity index (χ1n) is 6.82. The molecule has 2 aromatic rings. The molecule has 6 nitrogen and oxygen atoms in total. The second kappa shape index (κ2) is 6.71. The van der Waals surface area contributed by atoms with Crippen molar-refractivity contribution in [3.63, 3.8) is 0 Å². The number of aryl methyl sites for hydroxylation is 1. The number of hydrogen-bond donors (Lipinski definition) is 2. The van der Waals surface area contributed by atoms with Crippen LogP contribution in [0.25, 0.3) is 0 Å². The first-order chi connectivity index (χ1) is 10.5. The Balaban J connectivity index is 2.01. The molecule has 0 aliphatic rings. The van der Waals surface area contributed by atoms with Crippen LogP contribution >= 0.6 is 0 Å². The van der Waals surface area contributed by atoms with Crippen molar-refractivity contribution in [1.82, 2.24) is 5.32 Å². The number of anilines is 1. The van der Waals surface area contributed by atoms with Crippen molar-refractivity contribution in [2.45, 2.75) is 20.4 Å². The molecule has 0 bridgehead atoms. The summed E-state index contributed by atoms with van der Waals surface area (Å²) < 4.78 is 0. The molecule has 114 valence electrons. The van der Waals surface area contributed by atoms with Crippen molar-refractivity contribution < 1.29 is 9.72 Å². The van der Waals surface area contributed by atoms with Gasteiger partial charge >= 0.3 is 6.03 Å². The van der Waals surface area contributed by atoms with Gasteiger partial charge in [-0.1, -0.05) is 35.9 Å². The Kier molecular flexibility index (Phi) is 4.73. The van der Waals surface area contributed by atoms with Gasteiger partial charge in [0.1, 0.15) is 0 Å². The standard InChI is InChI=1S/C16H17N3O3/c1-11-5-3-6-13(9-11)10-17-16(20)18-14-7-4-8-15(12(14)2)19(21)22/h3-9H,10H2,1-2H3,(H2,17,18,20). The zero-order valence-corrected chi connectivity index (χ0v) is 12.4. The van der Waals surface area contributed by atoms with Gasteiger partial charge in [-0.3, -0.25) is 10.1 Å². The van der Waals surface area contributed by atoms with Crippen LogP contribution in [0.15, 0.2) is 42.5 Å². The number of benzene rings is 2. The number of amides is 2. The predicted molar refractivity (Wildman–Crippen MR) is 84.9 cm³/mol. The number of nitro groups is 1. The topological polar surface area (TPSA) is 84.3 Å². The molecule has 2 rings (SSSR count). The second-order valence-electron chi connectivity index (χ2n) is 5.00. The quantitative estimate of drug-likeness (QED) is 0.669. The molecule has 0 aliphatic carbocycles. The molecule has 0 spiro atoms. The molecule has 6 heteroatoms. The third-order valence-corrected chi connectivity index (χ3v) is 3.29. The van der Waals surface area contributed by atoms with Gasteiger partial charge in [-0.05, 0) is 25.5 Å². The molecule has 0 aliphatic heterocycles. The normalized spacial score (nSPS) is 10.1. The van der Waals surface area contributed by atoms with E-state index in [2.05, 4.69) is 10.6 Å². The van der Waals surface area contributed by atoms with E-state index in [1.165, 1.54) is 6.07 Å². The molecule has 0 unspecified atom stereocenters. The van der Waals surface area contributed by atoms with E-state index in [0.717, 1.165) is 11.1 Å². The number of urea groups is 1. The summed E-state index contributed by atoms with van der Waals surface area (Å²) in [5, 5.41) is 16.2. The molecule has 0 aromatic heterocycles. The van der Waals surface area contributed by atoms with Crippen LogP contribution in [0.5, 0.6) is 0 Å². The van der Waals surface area contributed by atoms with Crippen LogP contribution < -0.4 is 10.6 Å². The number of carbonyl (C=O) groups is 1. The molecule has 0 saturated carbocycles. The predicted octanol–water partition coefficient (Wildman–Crippen LogP) is 3.53. The summed E-state index contributed by atoms with van der Waals surface area (Å²) in [7, 11) is 0. The van der Waals surface area contributed by atoms with Crippen LogP contribution in [-0.4, -0.2) is 11.0 Å². The fourth-order valence-corrected chi connectivity index (χ4v) is 2.13. The summed E-state index contributed by atoms with van der Waals surface area (Å²) in [6.45, 7) is 3.98. The Hall–Kier alpha value is -2.89. The van der Waals surface area contributed by atoms with Gasteiger partial charge in [0.25, 0.3) is 5.69 Å². The monoisotopic (exact) mass is 299 g/mol. The number of nitro benzene ring substituents is 1. The molecule has 22 heavy (non-hydrogen) atoms. The number of hydrogen-bond acceptors (Lipinski definition) is 3. The lowest BCUT2D eigenvalue weighted by Gasteiger charge is -2.10. The van der Waals surface area contributed by atoms with Gasteiger partial charge in [0.2, 0.25) is 0 Å². The lowest BCUT2D eigenvalue weighted by molar-refractivity contribution is -0.385. The van der Waals surface area contributed by atoms with Gasteiger partial charge in [-0.2, -0.15) is 0 Å². The van der Waals surface area contributed by atoms with Crippen LogP contribution in [0.3, 0.4) is 0 Å². The lowest BCUT2D eigenvalue weighted by Crippen LogP contribution is -2.28. The van der Waals surface area contributed by atoms with Crippen molar-refractivity contribution in [2.24, 2.45) is 0 Å². The first kappa shape index (κ1) is 15.5. The van der Waals surface area contributed by atoms with Crippen molar-refractivity contribution in [3.8, 4) is 0 Å². The van der Waals surface area contributed by atoms with Crippen LogP contribution in [0, 0.1) is 24.0 Å². The highest BCUT2D eigenvalue weighted by molar-refractivity contribution is 5.90. The molecule has 0 fully saturated rings. The molecule has 2 aromatic carbocycles. The smallest absolute Gasteiger partial charge is 0.319 e. The van der Waals surface area contributed by atoms with E-state index in [1.54, 1.807) is 19.1 Å². The van der Waals surface area contributed by atoms with E-state index < -0.39 is 11.0 Å². The molecule has 0 radical (unpaired) electrons. The third kappa shape index (κ3) is 3.82. The largest absolute Gasteiger partial charge is 0.334 e. The van der Waals surface area contributed by atoms with E-state index in [0.29, 0.717) is 17.8 Å². The number of rotatable bonds is 4. The van der Waals surface area contributed by atoms with Crippen molar-refractivity contribution in [2.75, 3.05) is 5.32 Å². The zero-order valence-electron chi connectivity index (χ0n) is 12.4. The maximum absolute atomic E-state index is 11.9. The molecule has 0 heterocycles. The summed E-state index contributed by atoms with van der Waals surface area (Å²) in [6.07, 6.45) is 0. The van der Waals surface area contributed by atoms with Crippen molar-refractivity contribution in [3.05, 3.63) is 69.3 Å². The molecule has 0 saturated heterocycles. The second-order valence-corrected chi connectivity index (χ2v) is 5.00. The van der Waals surface area contributed by atoms with E-state index in [1.807, 2.05) is 31.2 Å². The lowest BCUT2D eigenvalue weighted by atomic mass is 10.1. The number of nitrogens with zero attached hydrogens (tertiary/aromatic N) is 1. The summed E-state index contributed by atoms with van der Waals surface area (Å²) in [6, 6.07) is 12.0. The third-order valence-electron chi connectivity index (χ3n) is 3.29. The van der Waals surface area contributed by atoms with Crippen molar-refractivity contribution in [1.29, 1.82) is 0 Å². The Bertz CT molecular complexity index is 714. The Labute approximate surface area is 128 Å². The average molecular weight is 299 g/mol. The Morgan fingerprint density at radius 1 is 1.18 bits per heavy atom. The average Bonchev–Trinajstić information content (AvgIpc) is 2.47. The maximum Gasteiger partial charge on any atom is 0.319 e. The van der Waals surface area contributed by atoms with Crippen LogP contribution in [0.4, 0.5) is 16.2 Å². The number of nitrogens with one attached hydrogen (secondary N) is 2. The van der Waals surface area contributed by atoms with E-state index in [4.69, 9.17) is 0 Å². The fourth-order valence-electron chi connectivity index (χ4n) is 2.13. The van der Waals surface area contributed by atoms with Crippen molar-refractivity contribution >= 4 is 17.4 Å². The van der Waals surface area contributed by atoms with Gasteiger partial charge in [-0.15, -0.1) is 0 Å². The zero-order chi connectivity index (χ0) is 16.1. The molecular weight excluding hydrogens is 282 g/mol. The highest BCUT2D eigenvalue weighted by Gasteiger charge is 2.14. The summed E-state index contributed by atoms with van der Waals surface area (Å²) in [5.41, 5.74) is 2.95.